The Hall–Kier alpha value is -0.0900. The first-order valence-corrected chi connectivity index (χ1v) is 5.97. The van der Waals surface area contributed by atoms with Crippen LogP contribution in [0.2, 0.25) is 0 Å². The summed E-state index contributed by atoms with van der Waals surface area (Å²) in [7, 11) is -2.16. The van der Waals surface area contributed by atoms with Crippen LogP contribution in [0.3, 0.4) is 0 Å². The second kappa shape index (κ2) is 2.20. The van der Waals surface area contributed by atoms with E-state index in [1.165, 1.54) is 0 Å². The smallest absolute Gasteiger partial charge is 0.0441 e. The van der Waals surface area contributed by atoms with Crippen LogP contribution in [-0.4, -0.2) is 28.8 Å². The Balaban J connectivity index is 2.04. The minimum absolute atomic E-state index is 0.446. The first kappa shape index (κ1) is 7.55. The minimum Gasteiger partial charge on any atom is -0.316 e. The molecule has 2 fully saturated rings. The van der Waals surface area contributed by atoms with Gasteiger partial charge >= 0.3 is 0 Å². The highest BCUT2D eigenvalue weighted by Crippen LogP contribution is 2.35. The predicted molar refractivity (Wildman–Crippen MR) is 45.1 cm³/mol. The van der Waals surface area contributed by atoms with Gasteiger partial charge in [0.05, 0.1) is 0 Å². The Morgan fingerprint density at radius 3 is 2.18 bits per heavy atom. The third-order valence-electron chi connectivity index (χ3n) is 2.92. The zero-order valence-electron chi connectivity index (χ0n) is 6.56. The fourth-order valence-corrected chi connectivity index (χ4v) is 3.55. The maximum atomic E-state index is 11.3. The maximum absolute atomic E-state index is 11.3. The van der Waals surface area contributed by atoms with Crippen molar-refractivity contribution in [2.75, 3.05) is 24.6 Å². The Kier molecular flexibility index (Phi) is 1.51. The summed E-state index contributed by atoms with van der Waals surface area (Å²) in [4.78, 5) is 0. The van der Waals surface area contributed by atoms with Gasteiger partial charge in [0.2, 0.25) is 0 Å². The van der Waals surface area contributed by atoms with Crippen molar-refractivity contribution in [3.05, 3.63) is 0 Å². The van der Waals surface area contributed by atoms with E-state index >= 15 is 0 Å². The highest BCUT2D eigenvalue weighted by Gasteiger charge is 2.40. The highest BCUT2D eigenvalue weighted by molar-refractivity contribution is 7.92. The van der Waals surface area contributed by atoms with Crippen molar-refractivity contribution in [1.82, 2.24) is 5.32 Å². The van der Waals surface area contributed by atoms with Crippen molar-refractivity contribution in [3.8, 4) is 0 Å². The topological polar surface area (TPSA) is 53.0 Å². The van der Waals surface area contributed by atoms with E-state index in [1.54, 1.807) is 0 Å². The molecule has 64 valence electrons. The summed E-state index contributed by atoms with van der Waals surface area (Å²) in [5.74, 6) is 1.27. The molecule has 2 N–H and O–H groups in total. The molecule has 0 radical (unpaired) electrons. The lowest BCUT2D eigenvalue weighted by molar-refractivity contribution is 0.151. The van der Waals surface area contributed by atoms with Gasteiger partial charge in [-0.3, -0.25) is 4.78 Å². The van der Waals surface area contributed by atoms with E-state index in [0.717, 1.165) is 25.9 Å². The molecule has 0 unspecified atom stereocenters. The molecule has 0 aliphatic carbocycles. The highest BCUT2D eigenvalue weighted by atomic mass is 32.2. The summed E-state index contributed by atoms with van der Waals surface area (Å²) in [6.45, 7) is 2.17. The molecular weight excluding hydrogens is 160 g/mol. The Labute approximate surface area is 67.5 Å². The molecular formula is C7H14N2OS. The van der Waals surface area contributed by atoms with Gasteiger partial charge in [-0.15, -0.1) is 0 Å². The van der Waals surface area contributed by atoms with Crippen LogP contribution in [0.15, 0.2) is 0 Å². The average molecular weight is 174 g/mol. The predicted octanol–water partition coefficient (Wildman–Crippen LogP) is 0.417. The van der Waals surface area contributed by atoms with Crippen molar-refractivity contribution < 1.29 is 4.21 Å². The largest absolute Gasteiger partial charge is 0.316 e. The summed E-state index contributed by atoms with van der Waals surface area (Å²) in [6.07, 6.45) is 2.00. The normalized spacial score (nSPS) is 33.1. The quantitative estimate of drug-likeness (QED) is 0.559. The maximum Gasteiger partial charge on any atom is 0.0441 e. The summed E-state index contributed by atoms with van der Waals surface area (Å²) in [5, 5.41) is 3.25. The summed E-state index contributed by atoms with van der Waals surface area (Å²) < 4.78 is 18.7. The molecule has 2 saturated heterocycles. The van der Waals surface area contributed by atoms with E-state index in [1.807, 2.05) is 0 Å². The third kappa shape index (κ3) is 1.29. The van der Waals surface area contributed by atoms with Crippen molar-refractivity contribution in [1.29, 1.82) is 4.78 Å². The Bertz CT molecular complexity index is 238. The number of rotatable bonds is 0. The molecule has 2 rings (SSSR count). The average Bonchev–Trinajstić information content (AvgIpc) is 1.84. The number of hydrogen-bond donors (Lipinski definition) is 2. The third-order valence-corrected chi connectivity index (χ3v) is 4.65. The van der Waals surface area contributed by atoms with Gasteiger partial charge in [-0.25, -0.2) is 4.21 Å². The van der Waals surface area contributed by atoms with Crippen LogP contribution in [0.4, 0.5) is 0 Å². The molecule has 0 aromatic heterocycles. The fraction of sp³-hybridized carbons (Fsp3) is 1.00. The van der Waals surface area contributed by atoms with Crippen LogP contribution in [0, 0.1) is 10.2 Å². The summed E-state index contributed by atoms with van der Waals surface area (Å²) in [6, 6.07) is 0. The van der Waals surface area contributed by atoms with E-state index < -0.39 is 9.73 Å². The molecule has 4 heteroatoms. The molecule has 2 heterocycles. The molecule has 0 aromatic rings. The molecule has 2 aliphatic rings. The van der Waals surface area contributed by atoms with Crippen LogP contribution >= 0.6 is 0 Å². The van der Waals surface area contributed by atoms with Gasteiger partial charge in [0.15, 0.2) is 0 Å². The number of hydrogen-bond acceptors (Lipinski definition) is 3. The lowest BCUT2D eigenvalue weighted by Gasteiger charge is -2.45. The van der Waals surface area contributed by atoms with Gasteiger partial charge in [0.25, 0.3) is 0 Å². The van der Waals surface area contributed by atoms with Gasteiger partial charge in [-0.05, 0) is 18.3 Å². The SMILES string of the molecule is N=S1(=O)CCC2(CC1)CNC2. The molecule has 0 saturated carbocycles. The lowest BCUT2D eigenvalue weighted by atomic mass is 9.77. The van der Waals surface area contributed by atoms with E-state index in [0.29, 0.717) is 16.9 Å². The molecule has 0 aromatic carbocycles. The zero-order valence-corrected chi connectivity index (χ0v) is 7.38. The first-order valence-electron chi connectivity index (χ1n) is 4.07. The molecule has 2 aliphatic heterocycles. The van der Waals surface area contributed by atoms with Crippen LogP contribution in [0.5, 0.6) is 0 Å². The molecule has 0 bridgehead atoms. The Morgan fingerprint density at radius 1 is 1.27 bits per heavy atom. The van der Waals surface area contributed by atoms with Gasteiger partial charge in [-0.1, -0.05) is 0 Å². The van der Waals surface area contributed by atoms with Crippen molar-refractivity contribution in [2.24, 2.45) is 5.41 Å². The second-order valence-corrected chi connectivity index (χ2v) is 6.26. The van der Waals surface area contributed by atoms with Crippen molar-refractivity contribution in [3.63, 3.8) is 0 Å². The van der Waals surface area contributed by atoms with E-state index in [4.69, 9.17) is 4.78 Å². The molecule has 3 nitrogen and oxygen atoms in total. The van der Waals surface area contributed by atoms with Crippen molar-refractivity contribution in [2.45, 2.75) is 12.8 Å². The number of nitrogens with one attached hydrogen (secondary N) is 2. The molecule has 0 amide bonds. The summed E-state index contributed by atoms with van der Waals surface area (Å²) in [5.41, 5.74) is 0.446. The molecule has 11 heavy (non-hydrogen) atoms. The van der Waals surface area contributed by atoms with Gasteiger partial charge < -0.3 is 5.32 Å². The second-order valence-electron chi connectivity index (χ2n) is 3.82. The van der Waals surface area contributed by atoms with Crippen LogP contribution in [-0.2, 0) is 9.73 Å². The van der Waals surface area contributed by atoms with Crippen LogP contribution in [0.1, 0.15) is 12.8 Å². The van der Waals surface area contributed by atoms with Crippen LogP contribution in [0.25, 0.3) is 0 Å². The molecule has 1 spiro atoms. The first-order chi connectivity index (χ1) is 5.12. The Morgan fingerprint density at radius 2 is 1.82 bits per heavy atom. The van der Waals surface area contributed by atoms with Gasteiger partial charge in [-0.2, -0.15) is 0 Å². The van der Waals surface area contributed by atoms with Crippen LogP contribution < -0.4 is 5.32 Å². The van der Waals surface area contributed by atoms with Gasteiger partial charge in [0, 0.05) is 34.3 Å². The molecule has 0 atom stereocenters. The van der Waals surface area contributed by atoms with Gasteiger partial charge in [0.1, 0.15) is 0 Å². The summed E-state index contributed by atoms with van der Waals surface area (Å²) >= 11 is 0. The van der Waals surface area contributed by atoms with E-state index in [-0.39, 0.29) is 0 Å². The lowest BCUT2D eigenvalue weighted by Crippen LogP contribution is -2.56. The van der Waals surface area contributed by atoms with Crippen molar-refractivity contribution >= 4 is 9.73 Å². The van der Waals surface area contributed by atoms with E-state index in [9.17, 15) is 4.21 Å². The fourth-order valence-electron chi connectivity index (χ4n) is 1.82. The van der Waals surface area contributed by atoms with E-state index in [2.05, 4.69) is 5.32 Å². The standard InChI is InChI=1S/C7H14N2OS/c8-11(10)3-1-7(2-4-11)5-9-6-7/h8-9H,1-6H2. The zero-order chi connectivity index (χ0) is 7.95. The monoisotopic (exact) mass is 174 g/mol. The minimum atomic E-state index is -2.16.